The summed E-state index contributed by atoms with van der Waals surface area (Å²) in [5.74, 6) is 0.0856. The van der Waals surface area contributed by atoms with E-state index < -0.39 is 6.10 Å². The Bertz CT molecular complexity index is 794. The largest absolute Gasteiger partial charge is 0.392 e. The van der Waals surface area contributed by atoms with Gasteiger partial charge in [0.15, 0.2) is 0 Å². The van der Waals surface area contributed by atoms with Crippen LogP contribution in [-0.2, 0) is 4.79 Å². The Morgan fingerprint density at radius 2 is 1.94 bits per heavy atom. The number of hydrogen-bond donors (Lipinski definition) is 2. The molecule has 2 N–H and O–H groups in total. The van der Waals surface area contributed by atoms with Gasteiger partial charge in [-0.15, -0.1) is 0 Å². The zero-order valence-electron chi connectivity index (χ0n) is 19.1. The number of nitrogens with one attached hydrogen (secondary N) is 1. The number of amides is 2. The van der Waals surface area contributed by atoms with E-state index in [1.165, 1.54) is 0 Å². The van der Waals surface area contributed by atoms with Gasteiger partial charge in [0.05, 0.1) is 6.10 Å². The maximum atomic E-state index is 13.0. The minimum atomic E-state index is -0.523. The van der Waals surface area contributed by atoms with E-state index in [2.05, 4.69) is 24.1 Å². The third-order valence-electron chi connectivity index (χ3n) is 8.55. The first kappa shape index (κ1) is 22.3. The van der Waals surface area contributed by atoms with Gasteiger partial charge in [0.25, 0.3) is 5.91 Å². The first-order valence-corrected chi connectivity index (χ1v) is 12.0. The van der Waals surface area contributed by atoms with Crippen LogP contribution >= 0.6 is 0 Å². The van der Waals surface area contributed by atoms with Crippen molar-refractivity contribution in [2.45, 2.75) is 71.4 Å². The molecule has 3 aliphatic rings. The number of carbonyl (C=O) groups excluding carboxylic acids is 2. The average Bonchev–Trinajstić information content (AvgIpc) is 3.30. The summed E-state index contributed by atoms with van der Waals surface area (Å²) in [4.78, 5) is 31.9. The van der Waals surface area contributed by atoms with Gasteiger partial charge in [0.2, 0.25) is 5.91 Å². The van der Waals surface area contributed by atoms with Crippen LogP contribution in [0.15, 0.2) is 24.4 Å². The maximum Gasteiger partial charge on any atom is 0.270 e. The zero-order valence-corrected chi connectivity index (χ0v) is 19.1. The molecule has 2 heterocycles. The highest BCUT2D eigenvalue weighted by Crippen LogP contribution is 2.55. The number of aliphatic hydroxyl groups is 1. The summed E-state index contributed by atoms with van der Waals surface area (Å²) >= 11 is 0. The standard InChI is InChI=1S/C25H37N3O3/c1-16(24(31)28-14-6-7-15-28)18-9-11-25(3)12-10-19(17(2)21(25)22(18)29)27-23(30)20-8-4-5-13-26-20/h4-5,8,13,16-19,21-22,29H,6-7,9-12,14-15H2,1-3H3,(H,27,30)/t16-,17-,18-,19-,21+,22-,25+/m0/s1. The number of pyridine rings is 1. The molecule has 2 amide bonds. The van der Waals surface area contributed by atoms with Crippen molar-refractivity contribution in [2.75, 3.05) is 13.1 Å². The van der Waals surface area contributed by atoms with Gasteiger partial charge in [0.1, 0.15) is 5.69 Å². The smallest absolute Gasteiger partial charge is 0.270 e. The van der Waals surface area contributed by atoms with E-state index in [1.807, 2.05) is 17.9 Å². The van der Waals surface area contributed by atoms with Crippen LogP contribution in [0.25, 0.3) is 0 Å². The van der Waals surface area contributed by atoms with Crippen molar-refractivity contribution in [1.82, 2.24) is 15.2 Å². The van der Waals surface area contributed by atoms with Crippen molar-refractivity contribution >= 4 is 11.8 Å². The van der Waals surface area contributed by atoms with E-state index >= 15 is 0 Å². The summed E-state index contributed by atoms with van der Waals surface area (Å²) in [6.45, 7) is 8.16. The minimum absolute atomic E-state index is 0.00516. The van der Waals surface area contributed by atoms with E-state index in [0.717, 1.165) is 51.6 Å². The lowest BCUT2D eigenvalue weighted by Crippen LogP contribution is -2.58. The lowest BCUT2D eigenvalue weighted by atomic mass is 9.51. The van der Waals surface area contributed by atoms with Crippen LogP contribution in [0, 0.1) is 29.1 Å². The van der Waals surface area contributed by atoms with Crippen molar-refractivity contribution in [3.8, 4) is 0 Å². The molecule has 2 aliphatic carbocycles. The van der Waals surface area contributed by atoms with E-state index in [9.17, 15) is 14.7 Å². The van der Waals surface area contributed by atoms with Crippen LogP contribution in [0.5, 0.6) is 0 Å². The van der Waals surface area contributed by atoms with Gasteiger partial charge in [-0.1, -0.05) is 26.8 Å². The molecule has 0 aromatic carbocycles. The summed E-state index contributed by atoms with van der Waals surface area (Å²) in [5, 5.41) is 14.7. The van der Waals surface area contributed by atoms with E-state index in [0.29, 0.717) is 5.69 Å². The first-order chi connectivity index (χ1) is 14.8. The third kappa shape index (κ3) is 4.23. The SMILES string of the molecule is C[C@@H]1[C@@H]2[C@@H](O)[C@H]([C@H](C)C(=O)N3CCCC3)CC[C@]2(C)CC[C@@H]1NC(=O)c1ccccn1. The fraction of sp³-hybridized carbons (Fsp3) is 0.720. The molecule has 1 saturated heterocycles. The second-order valence-electron chi connectivity index (χ2n) is 10.4. The molecule has 6 nitrogen and oxygen atoms in total. The summed E-state index contributed by atoms with van der Waals surface area (Å²) in [7, 11) is 0. The Morgan fingerprint density at radius 3 is 2.61 bits per heavy atom. The van der Waals surface area contributed by atoms with Gasteiger partial charge in [-0.2, -0.15) is 0 Å². The third-order valence-corrected chi connectivity index (χ3v) is 8.55. The van der Waals surface area contributed by atoms with Crippen LogP contribution in [0.2, 0.25) is 0 Å². The lowest BCUT2D eigenvalue weighted by Gasteiger charge is -2.56. The second-order valence-corrected chi connectivity index (χ2v) is 10.4. The molecular weight excluding hydrogens is 390 g/mol. The Labute approximate surface area is 185 Å². The highest BCUT2D eigenvalue weighted by molar-refractivity contribution is 5.92. The summed E-state index contributed by atoms with van der Waals surface area (Å²) < 4.78 is 0. The molecule has 0 bridgehead atoms. The molecule has 2 saturated carbocycles. The van der Waals surface area contributed by atoms with Gasteiger partial charge in [0, 0.05) is 31.2 Å². The number of carbonyl (C=O) groups is 2. The van der Waals surface area contributed by atoms with Crippen LogP contribution < -0.4 is 5.32 Å². The molecule has 0 spiro atoms. The number of fused-ring (bicyclic) bond motifs is 1. The summed E-state index contributed by atoms with van der Waals surface area (Å²) in [6, 6.07) is 5.35. The van der Waals surface area contributed by atoms with Crippen molar-refractivity contribution in [1.29, 1.82) is 0 Å². The number of hydrogen-bond acceptors (Lipinski definition) is 4. The number of rotatable bonds is 4. The fourth-order valence-corrected chi connectivity index (χ4v) is 6.65. The van der Waals surface area contributed by atoms with Crippen LogP contribution in [0.3, 0.4) is 0 Å². The van der Waals surface area contributed by atoms with Gasteiger partial charge in [-0.3, -0.25) is 14.6 Å². The molecule has 6 heteroatoms. The predicted molar refractivity (Wildman–Crippen MR) is 119 cm³/mol. The highest BCUT2D eigenvalue weighted by Gasteiger charge is 2.54. The first-order valence-electron chi connectivity index (χ1n) is 12.0. The molecule has 0 radical (unpaired) electrons. The second kappa shape index (κ2) is 8.89. The van der Waals surface area contributed by atoms with Gasteiger partial charge >= 0.3 is 0 Å². The zero-order chi connectivity index (χ0) is 22.2. The van der Waals surface area contributed by atoms with Crippen molar-refractivity contribution < 1.29 is 14.7 Å². The molecular formula is C25H37N3O3. The molecule has 31 heavy (non-hydrogen) atoms. The fourth-order valence-electron chi connectivity index (χ4n) is 6.65. The normalized spacial score (nSPS) is 36.5. The predicted octanol–water partition coefficient (Wildman–Crippen LogP) is 3.26. The summed E-state index contributed by atoms with van der Waals surface area (Å²) in [5.41, 5.74) is 0.479. The van der Waals surface area contributed by atoms with Gasteiger partial charge in [-0.05, 0) is 73.8 Å². The van der Waals surface area contributed by atoms with Crippen LogP contribution in [0.4, 0.5) is 0 Å². The number of nitrogens with zero attached hydrogens (tertiary/aromatic N) is 2. The Morgan fingerprint density at radius 1 is 1.23 bits per heavy atom. The number of aliphatic hydroxyl groups excluding tert-OH is 1. The van der Waals surface area contributed by atoms with Crippen LogP contribution in [-0.4, -0.2) is 52.0 Å². The Kier molecular flexibility index (Phi) is 6.38. The number of aromatic nitrogens is 1. The van der Waals surface area contributed by atoms with Crippen molar-refractivity contribution in [3.05, 3.63) is 30.1 Å². The Hall–Kier alpha value is -1.95. The molecule has 1 aromatic rings. The van der Waals surface area contributed by atoms with Crippen LogP contribution in [0.1, 0.15) is 69.8 Å². The molecule has 4 rings (SSSR count). The molecule has 1 aromatic heterocycles. The molecule has 1 aliphatic heterocycles. The van der Waals surface area contributed by atoms with Gasteiger partial charge < -0.3 is 15.3 Å². The lowest BCUT2D eigenvalue weighted by molar-refractivity contribution is -0.149. The molecule has 7 atom stereocenters. The molecule has 3 fully saturated rings. The average molecular weight is 428 g/mol. The van der Waals surface area contributed by atoms with E-state index in [-0.39, 0.29) is 46.9 Å². The summed E-state index contributed by atoms with van der Waals surface area (Å²) in [6.07, 6.45) is 7.09. The molecule has 0 unspecified atom stereocenters. The quantitative estimate of drug-likeness (QED) is 0.773. The van der Waals surface area contributed by atoms with Crippen molar-refractivity contribution in [2.24, 2.45) is 29.1 Å². The monoisotopic (exact) mass is 427 g/mol. The highest BCUT2D eigenvalue weighted by atomic mass is 16.3. The van der Waals surface area contributed by atoms with Crippen molar-refractivity contribution in [3.63, 3.8) is 0 Å². The Balaban J connectivity index is 1.48. The van der Waals surface area contributed by atoms with E-state index in [1.54, 1.807) is 18.3 Å². The van der Waals surface area contributed by atoms with Gasteiger partial charge in [-0.25, -0.2) is 0 Å². The minimum Gasteiger partial charge on any atom is -0.392 e. The molecule has 170 valence electrons. The topological polar surface area (TPSA) is 82.5 Å². The maximum absolute atomic E-state index is 13.0. The number of likely N-dealkylation sites (tertiary alicyclic amines) is 1. The van der Waals surface area contributed by atoms with E-state index in [4.69, 9.17) is 0 Å².